The average molecular weight is 761 g/mol. The number of methoxy groups -OCH3 is 2. The second kappa shape index (κ2) is 21.5. The van der Waals surface area contributed by atoms with Crippen LogP contribution in [0.3, 0.4) is 0 Å². The van der Waals surface area contributed by atoms with Gasteiger partial charge in [0.05, 0.1) is 67.1 Å². The topological polar surface area (TPSA) is 83.1 Å². The number of rotatable bonds is 22. The lowest BCUT2D eigenvalue weighted by Gasteiger charge is -2.52. The van der Waals surface area contributed by atoms with E-state index in [2.05, 4.69) is 6.58 Å². The molecule has 0 radical (unpaired) electrons. The first-order valence-corrected chi connectivity index (χ1v) is 18.9. The van der Waals surface area contributed by atoms with Gasteiger partial charge in [-0.1, -0.05) is 121 Å². The molecule has 1 saturated heterocycles. The van der Waals surface area contributed by atoms with E-state index in [0.717, 1.165) is 39.3 Å². The summed E-state index contributed by atoms with van der Waals surface area (Å²) in [5, 5.41) is 0. The first-order valence-electron chi connectivity index (χ1n) is 18.9. The summed E-state index contributed by atoms with van der Waals surface area (Å²) in [6.45, 7) is 5.80. The second-order valence-electron chi connectivity index (χ2n) is 13.6. The van der Waals surface area contributed by atoms with Crippen LogP contribution in [-0.4, -0.2) is 64.2 Å². The Morgan fingerprint density at radius 1 is 0.500 bits per heavy atom. The fraction of sp³-hybridized carbons (Fsp3) is 0.319. The maximum absolute atomic E-state index is 7.12. The first-order chi connectivity index (χ1) is 27.6. The number of hydrogen-bond acceptors (Lipinski definition) is 9. The molecule has 9 nitrogen and oxygen atoms in total. The summed E-state index contributed by atoms with van der Waals surface area (Å²) >= 11 is 0. The SMILES string of the molecule is C=CCOC1OC(COCc2ccc(OC)cc2)(COCc2ccc(OC)cc2)[C@@H](OCc2ccccc2)C(OCc2ccccc2)[C@H]1OCc1ccccc1. The summed E-state index contributed by atoms with van der Waals surface area (Å²) in [4.78, 5) is 0. The van der Waals surface area contributed by atoms with Crippen molar-refractivity contribution in [2.45, 2.75) is 63.2 Å². The summed E-state index contributed by atoms with van der Waals surface area (Å²) in [7, 11) is 3.30. The summed E-state index contributed by atoms with van der Waals surface area (Å²) in [6, 6.07) is 45.7. The largest absolute Gasteiger partial charge is 0.497 e. The Balaban J connectivity index is 1.38. The molecular weight excluding hydrogens is 709 g/mol. The molecule has 9 heteroatoms. The predicted octanol–water partition coefficient (Wildman–Crippen LogP) is 8.49. The number of benzene rings is 5. The van der Waals surface area contributed by atoms with Crippen LogP contribution in [0.5, 0.6) is 11.5 Å². The lowest BCUT2D eigenvalue weighted by Crippen LogP contribution is -2.70. The molecule has 294 valence electrons. The normalized spacial score (nSPS) is 19.0. The highest BCUT2D eigenvalue weighted by Crippen LogP contribution is 2.39. The molecule has 1 aliphatic heterocycles. The molecule has 1 aliphatic rings. The van der Waals surface area contributed by atoms with Crippen LogP contribution >= 0.6 is 0 Å². The van der Waals surface area contributed by atoms with E-state index in [1.54, 1.807) is 20.3 Å². The zero-order valence-corrected chi connectivity index (χ0v) is 32.2. The van der Waals surface area contributed by atoms with Crippen molar-refractivity contribution in [2.75, 3.05) is 34.0 Å². The van der Waals surface area contributed by atoms with Gasteiger partial charge in [0.2, 0.25) is 0 Å². The maximum Gasteiger partial charge on any atom is 0.187 e. The fourth-order valence-electron chi connectivity index (χ4n) is 6.58. The molecule has 0 aromatic heterocycles. The molecule has 0 bridgehead atoms. The molecule has 0 spiro atoms. The lowest BCUT2D eigenvalue weighted by molar-refractivity contribution is -0.367. The molecular formula is C47H52O9. The van der Waals surface area contributed by atoms with Crippen LogP contribution < -0.4 is 9.47 Å². The molecule has 2 unspecified atom stereocenters. The Morgan fingerprint density at radius 2 is 0.911 bits per heavy atom. The quantitative estimate of drug-likeness (QED) is 0.0646. The highest BCUT2D eigenvalue weighted by molar-refractivity contribution is 5.28. The van der Waals surface area contributed by atoms with E-state index >= 15 is 0 Å². The van der Waals surface area contributed by atoms with Crippen LogP contribution in [0.1, 0.15) is 27.8 Å². The highest BCUT2D eigenvalue weighted by Gasteiger charge is 2.58. The molecule has 0 N–H and O–H groups in total. The molecule has 4 atom stereocenters. The van der Waals surface area contributed by atoms with Gasteiger partial charge in [0.15, 0.2) is 6.29 Å². The second-order valence-corrected chi connectivity index (χ2v) is 13.6. The van der Waals surface area contributed by atoms with Crippen molar-refractivity contribution < 1.29 is 42.6 Å². The van der Waals surface area contributed by atoms with Crippen LogP contribution in [0.25, 0.3) is 0 Å². The van der Waals surface area contributed by atoms with E-state index in [1.807, 2.05) is 140 Å². The van der Waals surface area contributed by atoms with Crippen LogP contribution in [0.2, 0.25) is 0 Å². The van der Waals surface area contributed by atoms with Crippen molar-refractivity contribution in [3.05, 3.63) is 180 Å². The number of ether oxygens (including phenoxy) is 9. The minimum absolute atomic E-state index is 0.0889. The van der Waals surface area contributed by atoms with Gasteiger partial charge >= 0.3 is 0 Å². The molecule has 1 heterocycles. The van der Waals surface area contributed by atoms with Gasteiger partial charge in [0.25, 0.3) is 0 Å². The Kier molecular flexibility index (Phi) is 15.6. The zero-order valence-electron chi connectivity index (χ0n) is 32.2. The van der Waals surface area contributed by atoms with Crippen LogP contribution in [-0.2, 0) is 66.2 Å². The van der Waals surface area contributed by atoms with E-state index in [-0.39, 0.29) is 26.4 Å². The van der Waals surface area contributed by atoms with Crippen molar-refractivity contribution >= 4 is 0 Å². The average Bonchev–Trinajstić information content (AvgIpc) is 3.25. The third-order valence-corrected chi connectivity index (χ3v) is 9.53. The van der Waals surface area contributed by atoms with Gasteiger partial charge in [0.1, 0.15) is 35.4 Å². The molecule has 5 aromatic rings. The van der Waals surface area contributed by atoms with Gasteiger partial charge in [-0.05, 0) is 52.1 Å². The smallest absolute Gasteiger partial charge is 0.187 e. The monoisotopic (exact) mass is 760 g/mol. The zero-order chi connectivity index (χ0) is 38.8. The molecule has 6 rings (SSSR count). The lowest BCUT2D eigenvalue weighted by atomic mass is 9.86. The van der Waals surface area contributed by atoms with Crippen molar-refractivity contribution in [1.82, 2.24) is 0 Å². The van der Waals surface area contributed by atoms with Crippen LogP contribution in [0, 0.1) is 0 Å². The van der Waals surface area contributed by atoms with Crippen LogP contribution in [0.4, 0.5) is 0 Å². The third kappa shape index (κ3) is 11.6. The maximum atomic E-state index is 7.12. The molecule has 5 aromatic carbocycles. The van der Waals surface area contributed by atoms with Gasteiger partial charge in [-0.25, -0.2) is 0 Å². The van der Waals surface area contributed by atoms with Crippen molar-refractivity contribution in [2.24, 2.45) is 0 Å². The minimum Gasteiger partial charge on any atom is -0.497 e. The van der Waals surface area contributed by atoms with Crippen LogP contribution in [0.15, 0.2) is 152 Å². The van der Waals surface area contributed by atoms with Gasteiger partial charge in [-0.15, -0.1) is 6.58 Å². The Bertz CT molecular complexity index is 1780. The van der Waals surface area contributed by atoms with Crippen molar-refractivity contribution in [1.29, 1.82) is 0 Å². The Hall–Kier alpha value is -4.84. The van der Waals surface area contributed by atoms with E-state index < -0.39 is 30.2 Å². The summed E-state index contributed by atoms with van der Waals surface area (Å²) in [5.41, 5.74) is 3.71. The Morgan fingerprint density at radius 3 is 1.34 bits per heavy atom. The van der Waals surface area contributed by atoms with E-state index in [9.17, 15) is 0 Å². The van der Waals surface area contributed by atoms with Crippen molar-refractivity contribution in [3.8, 4) is 11.5 Å². The molecule has 0 amide bonds. The summed E-state index contributed by atoms with van der Waals surface area (Å²) in [6.07, 6.45) is -1.36. The fourth-order valence-corrected chi connectivity index (χ4v) is 6.58. The van der Waals surface area contributed by atoms with Gasteiger partial charge < -0.3 is 42.6 Å². The first kappa shape index (κ1) is 40.8. The predicted molar refractivity (Wildman–Crippen MR) is 214 cm³/mol. The van der Waals surface area contributed by atoms with E-state index in [4.69, 9.17) is 42.6 Å². The van der Waals surface area contributed by atoms with E-state index in [0.29, 0.717) is 26.4 Å². The third-order valence-electron chi connectivity index (χ3n) is 9.53. The molecule has 0 saturated carbocycles. The summed E-state index contributed by atoms with van der Waals surface area (Å²) in [5.74, 6) is 1.54. The summed E-state index contributed by atoms with van der Waals surface area (Å²) < 4.78 is 58.1. The van der Waals surface area contributed by atoms with Crippen molar-refractivity contribution in [3.63, 3.8) is 0 Å². The highest BCUT2D eigenvalue weighted by atomic mass is 16.7. The molecule has 0 aliphatic carbocycles. The Labute approximate surface area is 330 Å². The number of hydrogen-bond donors (Lipinski definition) is 0. The van der Waals surface area contributed by atoms with Gasteiger partial charge in [0, 0.05) is 0 Å². The van der Waals surface area contributed by atoms with E-state index in [1.165, 1.54) is 0 Å². The molecule has 1 fully saturated rings. The van der Waals surface area contributed by atoms with Gasteiger partial charge in [-0.2, -0.15) is 0 Å². The molecule has 56 heavy (non-hydrogen) atoms. The van der Waals surface area contributed by atoms with Gasteiger partial charge in [-0.3, -0.25) is 0 Å². The minimum atomic E-state index is -1.23. The standard InChI is InChI=1S/C47H52O9/c1-4-28-52-46-44(54-32-37-16-10-6-11-17-37)43(53-31-36-14-8-5-9-15-36)45(55-33-38-18-12-7-13-19-38)47(56-46,34-50-29-39-20-24-41(48-2)25-21-39)35-51-30-40-22-26-42(49-3)27-23-40/h4-27,43-46H,1,28-35H2,2-3H3/t43?,44-,45+,46?/m1/s1.